The molecule has 0 aromatic carbocycles. The van der Waals surface area contributed by atoms with Gasteiger partial charge in [-0.05, 0) is 30.1 Å². The molecule has 1 aliphatic carbocycles. The fourth-order valence-electron chi connectivity index (χ4n) is 3.80. The Morgan fingerprint density at radius 3 is 2.20 bits per heavy atom. The first-order valence-corrected chi connectivity index (χ1v) is 7.10. The van der Waals surface area contributed by atoms with Crippen LogP contribution in [0.2, 0.25) is 5.15 Å². The average Bonchev–Trinajstić information content (AvgIpc) is 2.21. The maximum Gasteiger partial charge on any atom is 0.329 e. The number of halogens is 2. The second-order valence-electron chi connectivity index (χ2n) is 7.30. The van der Waals surface area contributed by atoms with Crippen LogP contribution in [-0.2, 0) is 0 Å². The molecule has 1 fully saturated rings. The fourth-order valence-corrected chi connectivity index (χ4v) is 3.96. The Bertz CT molecular complexity index is 630. The maximum atomic E-state index is 13.7. The third-order valence-corrected chi connectivity index (χ3v) is 4.19. The first-order chi connectivity index (χ1) is 9.02. The number of rotatable bonds is 1. The molecule has 1 aromatic rings. The van der Waals surface area contributed by atoms with E-state index in [2.05, 4.69) is 32.7 Å². The molecule has 0 aliphatic heterocycles. The number of nitrogens with one attached hydrogen (secondary N) is 1. The highest BCUT2D eigenvalue weighted by Crippen LogP contribution is 2.49. The maximum absolute atomic E-state index is 13.7. The zero-order valence-corrected chi connectivity index (χ0v) is 13.0. The Labute approximate surface area is 122 Å². The van der Waals surface area contributed by atoms with Crippen LogP contribution in [0, 0.1) is 16.6 Å². The van der Waals surface area contributed by atoms with Gasteiger partial charge in [-0.15, -0.1) is 0 Å². The molecular weight excluding hydrogens is 283 g/mol. The van der Waals surface area contributed by atoms with Crippen LogP contribution in [0.1, 0.15) is 53.0 Å². The van der Waals surface area contributed by atoms with E-state index in [-0.39, 0.29) is 16.9 Å². The van der Waals surface area contributed by atoms with Crippen LogP contribution in [-0.4, -0.2) is 9.55 Å². The number of hydrogen-bond acceptors (Lipinski definition) is 2. The molecule has 0 amide bonds. The molecule has 1 aliphatic rings. The number of hydrogen-bond donors (Lipinski definition) is 1. The molecule has 0 atom stereocenters. The molecule has 0 unspecified atom stereocenters. The lowest BCUT2D eigenvalue weighted by Gasteiger charge is -2.45. The van der Waals surface area contributed by atoms with E-state index in [1.165, 1.54) is 0 Å². The lowest BCUT2D eigenvalue weighted by Crippen LogP contribution is -2.45. The van der Waals surface area contributed by atoms with Crippen LogP contribution in [0.3, 0.4) is 0 Å². The lowest BCUT2D eigenvalue weighted by molar-refractivity contribution is 0.0685. The van der Waals surface area contributed by atoms with Crippen molar-refractivity contribution in [1.29, 1.82) is 0 Å². The molecule has 1 saturated carbocycles. The normalized spacial score (nSPS) is 21.9. The summed E-state index contributed by atoms with van der Waals surface area (Å²) in [5, 5.41) is -0.523. The van der Waals surface area contributed by atoms with Gasteiger partial charge < -0.3 is 0 Å². The van der Waals surface area contributed by atoms with E-state index < -0.39 is 22.2 Å². The van der Waals surface area contributed by atoms with E-state index in [1.54, 1.807) is 0 Å². The van der Waals surface area contributed by atoms with Crippen LogP contribution in [0.4, 0.5) is 4.39 Å². The van der Waals surface area contributed by atoms with Gasteiger partial charge in [-0.3, -0.25) is 14.3 Å². The predicted molar refractivity (Wildman–Crippen MR) is 76.7 cm³/mol. The third kappa shape index (κ3) is 2.82. The second-order valence-corrected chi connectivity index (χ2v) is 7.68. The largest absolute Gasteiger partial charge is 0.329 e. The van der Waals surface area contributed by atoms with Gasteiger partial charge in [0.1, 0.15) is 0 Å². The Kier molecular flexibility index (Phi) is 3.61. The number of aromatic nitrogens is 2. The highest BCUT2D eigenvalue weighted by atomic mass is 35.5. The van der Waals surface area contributed by atoms with Gasteiger partial charge in [0.2, 0.25) is 5.82 Å². The number of aromatic amines is 1. The van der Waals surface area contributed by atoms with Crippen LogP contribution in [0.25, 0.3) is 0 Å². The Morgan fingerprint density at radius 2 is 1.70 bits per heavy atom. The summed E-state index contributed by atoms with van der Waals surface area (Å²) < 4.78 is 14.7. The van der Waals surface area contributed by atoms with Crippen molar-refractivity contribution in [2.75, 3.05) is 0 Å². The summed E-state index contributed by atoms with van der Waals surface area (Å²) in [6, 6.07) is -0.309. The zero-order chi connectivity index (χ0) is 15.3. The molecule has 2 rings (SSSR count). The number of H-pyrrole nitrogens is 1. The number of nitrogens with zero attached hydrogens (tertiary/aromatic N) is 1. The van der Waals surface area contributed by atoms with Crippen molar-refractivity contribution >= 4 is 11.6 Å². The Balaban J connectivity index is 2.55. The van der Waals surface area contributed by atoms with Crippen LogP contribution in [0.15, 0.2) is 9.59 Å². The Hall–Kier alpha value is -1.10. The first kappa shape index (κ1) is 15.3. The van der Waals surface area contributed by atoms with Crippen molar-refractivity contribution in [2.45, 2.75) is 53.0 Å². The highest BCUT2D eigenvalue weighted by molar-refractivity contribution is 6.29. The standard InChI is InChI=1S/C14H20ClFN2O2/c1-13(2)5-8(6-14(3,4)7-13)18-11(19)9(16)10(15)17-12(18)20/h8H,5-7H2,1-4H3,(H,17,20). The molecule has 1 aromatic heterocycles. The molecule has 112 valence electrons. The van der Waals surface area contributed by atoms with E-state index >= 15 is 0 Å². The zero-order valence-electron chi connectivity index (χ0n) is 12.2. The van der Waals surface area contributed by atoms with Gasteiger partial charge in [0, 0.05) is 6.04 Å². The predicted octanol–water partition coefficient (Wildman–Crippen LogP) is 3.11. The minimum Gasteiger partial charge on any atom is -0.295 e. The van der Waals surface area contributed by atoms with Gasteiger partial charge in [0.15, 0.2) is 5.15 Å². The summed E-state index contributed by atoms with van der Waals surface area (Å²) in [7, 11) is 0. The van der Waals surface area contributed by atoms with Crippen molar-refractivity contribution in [1.82, 2.24) is 9.55 Å². The van der Waals surface area contributed by atoms with Crippen LogP contribution >= 0.6 is 11.6 Å². The van der Waals surface area contributed by atoms with Gasteiger partial charge >= 0.3 is 5.69 Å². The van der Waals surface area contributed by atoms with Crippen LogP contribution in [0.5, 0.6) is 0 Å². The first-order valence-electron chi connectivity index (χ1n) is 6.72. The molecule has 6 heteroatoms. The van der Waals surface area contributed by atoms with Gasteiger partial charge in [-0.25, -0.2) is 4.79 Å². The van der Waals surface area contributed by atoms with E-state index in [9.17, 15) is 14.0 Å². The summed E-state index contributed by atoms with van der Waals surface area (Å²) in [5.74, 6) is -1.09. The minimum atomic E-state index is -1.09. The van der Waals surface area contributed by atoms with E-state index in [1.807, 2.05) is 0 Å². The summed E-state index contributed by atoms with van der Waals surface area (Å²) in [4.78, 5) is 26.2. The second kappa shape index (κ2) is 4.72. The van der Waals surface area contributed by atoms with Crippen molar-refractivity contribution in [3.05, 3.63) is 31.8 Å². The smallest absolute Gasteiger partial charge is 0.295 e. The fraction of sp³-hybridized carbons (Fsp3) is 0.714. The summed E-state index contributed by atoms with van der Waals surface area (Å²) in [6.45, 7) is 8.41. The third-order valence-electron chi connectivity index (χ3n) is 3.93. The molecule has 1 N–H and O–H groups in total. The SMILES string of the molecule is CC1(C)CC(n2c(=O)[nH]c(Cl)c(F)c2=O)CC(C)(C)C1. The summed E-state index contributed by atoms with van der Waals surface area (Å²) in [5.41, 5.74) is -1.58. The van der Waals surface area contributed by atoms with Gasteiger partial charge in [-0.1, -0.05) is 39.3 Å². The lowest BCUT2D eigenvalue weighted by atomic mass is 9.63. The molecule has 0 radical (unpaired) electrons. The topological polar surface area (TPSA) is 54.9 Å². The molecule has 20 heavy (non-hydrogen) atoms. The average molecular weight is 303 g/mol. The van der Waals surface area contributed by atoms with Gasteiger partial charge in [0.05, 0.1) is 0 Å². The van der Waals surface area contributed by atoms with E-state index in [0.717, 1.165) is 11.0 Å². The van der Waals surface area contributed by atoms with Gasteiger partial charge in [-0.2, -0.15) is 4.39 Å². The summed E-state index contributed by atoms with van der Waals surface area (Å²) in [6.07, 6.45) is 2.33. The quantitative estimate of drug-likeness (QED) is 0.810. The van der Waals surface area contributed by atoms with Gasteiger partial charge in [0.25, 0.3) is 5.56 Å². The van der Waals surface area contributed by atoms with Crippen molar-refractivity contribution in [3.8, 4) is 0 Å². The minimum absolute atomic E-state index is 0.00555. The molecule has 0 saturated heterocycles. The molecule has 1 heterocycles. The monoisotopic (exact) mass is 302 g/mol. The van der Waals surface area contributed by atoms with Crippen molar-refractivity contribution < 1.29 is 4.39 Å². The molecule has 0 bridgehead atoms. The molecular formula is C14H20ClFN2O2. The van der Waals surface area contributed by atoms with E-state index in [4.69, 9.17) is 11.6 Å². The molecule has 0 spiro atoms. The summed E-state index contributed by atoms with van der Waals surface area (Å²) >= 11 is 5.50. The Morgan fingerprint density at radius 1 is 1.20 bits per heavy atom. The van der Waals surface area contributed by atoms with E-state index in [0.29, 0.717) is 12.8 Å². The molecule has 4 nitrogen and oxygen atoms in total. The van der Waals surface area contributed by atoms with Crippen molar-refractivity contribution in [2.24, 2.45) is 10.8 Å². The highest BCUT2D eigenvalue weighted by Gasteiger charge is 2.40. The van der Waals surface area contributed by atoms with Crippen molar-refractivity contribution in [3.63, 3.8) is 0 Å². The van der Waals surface area contributed by atoms with Crippen LogP contribution < -0.4 is 11.2 Å².